The van der Waals surface area contributed by atoms with Crippen LogP contribution in [0.15, 0.2) is 91.0 Å². The van der Waals surface area contributed by atoms with Gasteiger partial charge >= 0.3 is 0 Å². The number of aliphatic hydroxyl groups is 3. The van der Waals surface area contributed by atoms with E-state index in [0.29, 0.717) is 6.29 Å². The van der Waals surface area contributed by atoms with Crippen molar-refractivity contribution in [3.8, 4) is 0 Å². The fourth-order valence-electron chi connectivity index (χ4n) is 3.95. The van der Waals surface area contributed by atoms with E-state index in [1.165, 1.54) is 6.92 Å². The normalized spacial score (nSPS) is 15.1. The maximum absolute atomic E-state index is 11.3. The molecule has 0 bridgehead atoms. The molecule has 3 rings (SSSR count). The van der Waals surface area contributed by atoms with E-state index in [9.17, 15) is 24.9 Å². The van der Waals surface area contributed by atoms with Gasteiger partial charge in [0.05, 0.1) is 6.61 Å². The summed E-state index contributed by atoms with van der Waals surface area (Å²) in [4.78, 5) is 22.6. The number of hydrogen-bond acceptors (Lipinski definition) is 6. The molecule has 4 atom stereocenters. The summed E-state index contributed by atoms with van der Waals surface area (Å²) in [5, 5.41) is 33.8. The standard InChI is InChI=1S/C27H29NO6/c1-19(30)28-23(17-29)25(32)26(33)24(31)18-34-27(20-11-5-2-6-12-20,21-13-7-3-8-14-21)22-15-9-4-10-16-22/h2-17,23-26,31-33H,18H2,1H3,(H,28,30)/t23-,24+,25+,26+/m0/s1. The summed E-state index contributed by atoms with van der Waals surface area (Å²) in [5.74, 6) is -0.551. The van der Waals surface area contributed by atoms with E-state index in [0.717, 1.165) is 16.7 Å². The van der Waals surface area contributed by atoms with E-state index in [-0.39, 0.29) is 6.61 Å². The zero-order valence-electron chi connectivity index (χ0n) is 18.8. The van der Waals surface area contributed by atoms with Gasteiger partial charge in [-0.2, -0.15) is 0 Å². The van der Waals surface area contributed by atoms with Crippen LogP contribution >= 0.6 is 0 Å². The number of nitrogens with one attached hydrogen (secondary N) is 1. The van der Waals surface area contributed by atoms with Crippen LogP contribution < -0.4 is 5.32 Å². The first-order valence-electron chi connectivity index (χ1n) is 11.0. The molecule has 7 nitrogen and oxygen atoms in total. The van der Waals surface area contributed by atoms with Gasteiger partial charge in [-0.15, -0.1) is 0 Å². The third-order valence-corrected chi connectivity index (χ3v) is 5.64. The molecule has 0 aliphatic heterocycles. The Morgan fingerprint density at radius 2 is 1.24 bits per heavy atom. The third-order valence-electron chi connectivity index (χ3n) is 5.64. The van der Waals surface area contributed by atoms with Gasteiger partial charge < -0.3 is 30.2 Å². The Labute approximate surface area is 198 Å². The van der Waals surface area contributed by atoms with Gasteiger partial charge in [0.2, 0.25) is 5.91 Å². The molecular weight excluding hydrogens is 434 g/mol. The van der Waals surface area contributed by atoms with Crippen molar-refractivity contribution in [2.24, 2.45) is 0 Å². The number of carbonyl (C=O) groups excluding carboxylic acids is 2. The first-order valence-corrected chi connectivity index (χ1v) is 11.0. The van der Waals surface area contributed by atoms with Crippen LogP contribution in [0.3, 0.4) is 0 Å². The van der Waals surface area contributed by atoms with Crippen molar-refractivity contribution in [2.75, 3.05) is 6.61 Å². The summed E-state index contributed by atoms with van der Waals surface area (Å²) in [7, 11) is 0. The second-order valence-electron chi connectivity index (χ2n) is 8.00. The Morgan fingerprint density at radius 1 is 0.824 bits per heavy atom. The van der Waals surface area contributed by atoms with Crippen molar-refractivity contribution in [1.82, 2.24) is 5.32 Å². The molecule has 0 aliphatic carbocycles. The summed E-state index contributed by atoms with van der Waals surface area (Å²) < 4.78 is 6.42. The van der Waals surface area contributed by atoms with Crippen LogP contribution in [-0.4, -0.2) is 58.5 Å². The van der Waals surface area contributed by atoms with Crippen LogP contribution in [0.25, 0.3) is 0 Å². The first-order chi connectivity index (χ1) is 16.4. The maximum atomic E-state index is 11.3. The molecule has 0 saturated carbocycles. The third kappa shape index (κ3) is 5.58. The largest absolute Gasteiger partial charge is 0.388 e. The highest BCUT2D eigenvalue weighted by Gasteiger charge is 2.40. The first kappa shape index (κ1) is 25.3. The molecule has 0 aromatic heterocycles. The molecule has 0 saturated heterocycles. The Balaban J connectivity index is 1.97. The number of rotatable bonds is 11. The SMILES string of the molecule is CC(=O)N[C@@H](C=O)[C@@H](O)[C@H](O)[C@H](O)COC(c1ccccc1)(c1ccccc1)c1ccccc1. The molecular formula is C27H29NO6. The minimum Gasteiger partial charge on any atom is -0.388 e. The number of benzene rings is 3. The molecule has 1 amide bonds. The second kappa shape index (κ2) is 11.7. The van der Waals surface area contributed by atoms with Crippen molar-refractivity contribution >= 4 is 12.2 Å². The summed E-state index contributed by atoms with van der Waals surface area (Å²) in [6.07, 6.45) is -4.71. The number of aldehydes is 1. The van der Waals surface area contributed by atoms with Crippen LogP contribution in [-0.2, 0) is 19.9 Å². The minimum atomic E-state index is -1.75. The lowest BCUT2D eigenvalue weighted by atomic mass is 9.80. The van der Waals surface area contributed by atoms with Gasteiger partial charge in [0.15, 0.2) is 0 Å². The second-order valence-corrected chi connectivity index (χ2v) is 8.00. The van der Waals surface area contributed by atoms with E-state index in [1.807, 2.05) is 91.0 Å². The van der Waals surface area contributed by atoms with E-state index >= 15 is 0 Å². The summed E-state index contributed by atoms with van der Waals surface area (Å²) in [5.41, 5.74) is 1.29. The molecule has 3 aromatic carbocycles. The number of hydrogen-bond donors (Lipinski definition) is 4. The smallest absolute Gasteiger partial charge is 0.217 e. The van der Waals surface area contributed by atoms with Gasteiger partial charge in [-0.05, 0) is 16.7 Å². The Kier molecular flexibility index (Phi) is 8.67. The Morgan fingerprint density at radius 3 is 1.59 bits per heavy atom. The molecule has 0 unspecified atom stereocenters. The lowest BCUT2D eigenvalue weighted by Crippen LogP contribution is -2.53. The van der Waals surface area contributed by atoms with Crippen LogP contribution in [0.1, 0.15) is 23.6 Å². The molecule has 34 heavy (non-hydrogen) atoms. The summed E-state index contributed by atoms with van der Waals surface area (Å²) in [6, 6.07) is 27.1. The van der Waals surface area contributed by atoms with E-state index in [2.05, 4.69) is 5.32 Å². The molecule has 0 heterocycles. The predicted octanol–water partition coefficient (Wildman–Crippen LogP) is 1.78. The average molecular weight is 464 g/mol. The molecule has 178 valence electrons. The fraction of sp³-hybridized carbons (Fsp3) is 0.259. The van der Waals surface area contributed by atoms with E-state index in [4.69, 9.17) is 4.74 Å². The summed E-state index contributed by atoms with van der Waals surface area (Å²) in [6.45, 7) is 0.811. The zero-order chi connectivity index (χ0) is 24.6. The van der Waals surface area contributed by atoms with Crippen molar-refractivity contribution in [1.29, 1.82) is 0 Å². The number of carbonyl (C=O) groups is 2. The fourth-order valence-corrected chi connectivity index (χ4v) is 3.95. The lowest BCUT2D eigenvalue weighted by Gasteiger charge is -2.37. The molecule has 0 fully saturated rings. The van der Waals surface area contributed by atoms with Crippen LogP contribution in [0, 0.1) is 0 Å². The van der Waals surface area contributed by atoms with Crippen molar-refractivity contribution in [3.63, 3.8) is 0 Å². The average Bonchev–Trinajstić information content (AvgIpc) is 2.88. The Hall–Kier alpha value is -3.36. The van der Waals surface area contributed by atoms with Gasteiger partial charge in [-0.1, -0.05) is 91.0 Å². The van der Waals surface area contributed by atoms with Crippen molar-refractivity contribution in [3.05, 3.63) is 108 Å². The van der Waals surface area contributed by atoms with Crippen LogP contribution in [0.2, 0.25) is 0 Å². The predicted molar refractivity (Wildman–Crippen MR) is 127 cm³/mol. The zero-order valence-corrected chi connectivity index (χ0v) is 18.8. The summed E-state index contributed by atoms with van der Waals surface area (Å²) >= 11 is 0. The molecule has 7 heteroatoms. The van der Waals surface area contributed by atoms with Gasteiger partial charge in [0, 0.05) is 6.92 Å². The molecule has 4 N–H and O–H groups in total. The van der Waals surface area contributed by atoms with E-state index < -0.39 is 35.9 Å². The Bertz CT molecular complexity index is 948. The highest BCUT2D eigenvalue weighted by molar-refractivity contribution is 5.77. The number of amides is 1. The minimum absolute atomic E-state index is 0.311. The van der Waals surface area contributed by atoms with Gasteiger partial charge in [0.25, 0.3) is 0 Å². The van der Waals surface area contributed by atoms with Crippen molar-refractivity contribution < 1.29 is 29.6 Å². The molecule has 0 aliphatic rings. The lowest BCUT2D eigenvalue weighted by molar-refractivity contribution is -0.134. The maximum Gasteiger partial charge on any atom is 0.217 e. The van der Waals surface area contributed by atoms with Gasteiger partial charge in [-0.25, -0.2) is 0 Å². The topological polar surface area (TPSA) is 116 Å². The number of aliphatic hydroxyl groups excluding tert-OH is 3. The van der Waals surface area contributed by atoms with Gasteiger partial charge in [-0.3, -0.25) is 4.79 Å². The monoisotopic (exact) mass is 463 g/mol. The van der Waals surface area contributed by atoms with Crippen LogP contribution in [0.4, 0.5) is 0 Å². The van der Waals surface area contributed by atoms with E-state index in [1.54, 1.807) is 0 Å². The number of ether oxygens (including phenoxy) is 1. The molecule has 0 radical (unpaired) electrons. The van der Waals surface area contributed by atoms with Crippen LogP contribution in [0.5, 0.6) is 0 Å². The molecule has 3 aromatic rings. The van der Waals surface area contributed by atoms with Gasteiger partial charge in [0.1, 0.15) is 36.2 Å². The molecule has 0 spiro atoms. The quantitative estimate of drug-likeness (QED) is 0.255. The highest BCUT2D eigenvalue weighted by Crippen LogP contribution is 2.40. The highest BCUT2D eigenvalue weighted by atomic mass is 16.5. The van der Waals surface area contributed by atoms with Crippen molar-refractivity contribution in [2.45, 2.75) is 36.9 Å².